The maximum Gasteiger partial charge on any atom is 0.416 e. The molecule has 0 amide bonds. The van der Waals surface area contributed by atoms with Gasteiger partial charge in [0.05, 0.1) is 12.7 Å². The Bertz CT molecular complexity index is 563. The van der Waals surface area contributed by atoms with Crippen LogP contribution in [0, 0.1) is 0 Å². The van der Waals surface area contributed by atoms with Crippen LogP contribution in [0.4, 0.5) is 13.2 Å². The molecular weight excluding hydrogens is 277 g/mol. The zero-order chi connectivity index (χ0) is 14.0. The molecule has 2 nitrogen and oxygen atoms in total. The fourth-order valence-electron chi connectivity index (χ4n) is 1.63. The minimum atomic E-state index is -4.41. The van der Waals surface area contributed by atoms with Crippen LogP contribution in [0.3, 0.4) is 0 Å². The van der Waals surface area contributed by atoms with Gasteiger partial charge in [0.25, 0.3) is 0 Å². The van der Waals surface area contributed by atoms with Crippen LogP contribution in [-0.2, 0) is 6.18 Å². The fourth-order valence-corrected chi connectivity index (χ4v) is 2.50. The van der Waals surface area contributed by atoms with E-state index in [-0.39, 0.29) is 5.56 Å². The Balaban J connectivity index is 2.31. The van der Waals surface area contributed by atoms with E-state index in [9.17, 15) is 18.3 Å². The van der Waals surface area contributed by atoms with Crippen LogP contribution in [0.1, 0.15) is 22.1 Å². The lowest BCUT2D eigenvalue weighted by Gasteiger charge is -2.12. The first-order chi connectivity index (χ1) is 8.91. The summed E-state index contributed by atoms with van der Waals surface area (Å²) in [5, 5.41) is 11.8. The Hall–Kier alpha value is -1.53. The van der Waals surface area contributed by atoms with Gasteiger partial charge < -0.3 is 9.84 Å². The van der Waals surface area contributed by atoms with E-state index in [0.29, 0.717) is 10.6 Å². The number of halogens is 3. The molecule has 0 aliphatic heterocycles. The van der Waals surface area contributed by atoms with E-state index in [2.05, 4.69) is 0 Å². The first kappa shape index (κ1) is 13.9. The molecule has 1 unspecified atom stereocenters. The molecule has 2 rings (SSSR count). The molecule has 0 aliphatic rings. The Morgan fingerprint density at radius 1 is 1.26 bits per heavy atom. The zero-order valence-corrected chi connectivity index (χ0v) is 10.8. The molecule has 19 heavy (non-hydrogen) atoms. The molecule has 1 atom stereocenters. The summed E-state index contributed by atoms with van der Waals surface area (Å²) in [7, 11) is 1.49. The minimum absolute atomic E-state index is 0.208. The van der Waals surface area contributed by atoms with Crippen molar-refractivity contribution < 1.29 is 23.0 Å². The molecule has 0 bridgehead atoms. The number of benzene rings is 1. The first-order valence-electron chi connectivity index (χ1n) is 5.39. The van der Waals surface area contributed by atoms with Crippen LogP contribution in [0.25, 0.3) is 0 Å². The summed E-state index contributed by atoms with van der Waals surface area (Å²) in [6.45, 7) is 0. The molecule has 0 aliphatic carbocycles. The predicted molar refractivity (Wildman–Crippen MR) is 66.4 cm³/mol. The van der Waals surface area contributed by atoms with E-state index in [1.807, 2.05) is 0 Å². The monoisotopic (exact) mass is 288 g/mol. The maximum absolute atomic E-state index is 12.6. The van der Waals surface area contributed by atoms with E-state index in [4.69, 9.17) is 4.74 Å². The Labute approximate surface area is 112 Å². The van der Waals surface area contributed by atoms with Gasteiger partial charge in [-0.05, 0) is 23.8 Å². The van der Waals surface area contributed by atoms with Gasteiger partial charge in [0.2, 0.25) is 0 Å². The van der Waals surface area contributed by atoms with Gasteiger partial charge in [0.1, 0.15) is 11.9 Å². The van der Waals surface area contributed by atoms with Crippen molar-refractivity contribution in [1.82, 2.24) is 0 Å². The molecular formula is C13H11F3O2S. The standard InChI is InChI=1S/C13H11F3O2S/c1-18-10-6-11(19-7-10)12(17)8-3-2-4-9(5-8)13(14,15)16/h2-7,12,17H,1H3. The third-order valence-electron chi connectivity index (χ3n) is 2.63. The van der Waals surface area contributed by atoms with Gasteiger partial charge in [0.15, 0.2) is 0 Å². The van der Waals surface area contributed by atoms with Gasteiger partial charge >= 0.3 is 6.18 Å². The number of alkyl halides is 3. The molecule has 0 saturated carbocycles. The molecule has 2 aromatic rings. The molecule has 1 aromatic carbocycles. The highest BCUT2D eigenvalue weighted by Gasteiger charge is 2.31. The van der Waals surface area contributed by atoms with E-state index in [0.717, 1.165) is 12.1 Å². The zero-order valence-electron chi connectivity index (χ0n) is 9.94. The number of ether oxygens (including phenoxy) is 1. The summed E-state index contributed by atoms with van der Waals surface area (Å²) in [6.07, 6.45) is -5.50. The average Bonchev–Trinajstić information content (AvgIpc) is 2.86. The van der Waals surface area contributed by atoms with Crippen LogP contribution in [-0.4, -0.2) is 12.2 Å². The summed E-state index contributed by atoms with van der Waals surface area (Å²) < 4.78 is 42.8. The van der Waals surface area contributed by atoms with Crippen LogP contribution < -0.4 is 4.74 Å². The highest BCUT2D eigenvalue weighted by atomic mass is 32.1. The summed E-state index contributed by atoms with van der Waals surface area (Å²) >= 11 is 1.23. The largest absolute Gasteiger partial charge is 0.496 e. The van der Waals surface area contributed by atoms with Gasteiger partial charge in [-0.3, -0.25) is 0 Å². The number of aliphatic hydroxyl groups excluding tert-OH is 1. The van der Waals surface area contributed by atoms with Crippen LogP contribution in [0.15, 0.2) is 35.7 Å². The van der Waals surface area contributed by atoms with Gasteiger partial charge in [0, 0.05) is 10.3 Å². The second kappa shape index (κ2) is 5.22. The summed E-state index contributed by atoms with van der Waals surface area (Å²) in [5.74, 6) is 0.575. The highest BCUT2D eigenvalue weighted by molar-refractivity contribution is 7.10. The van der Waals surface area contributed by atoms with Crippen molar-refractivity contribution in [2.45, 2.75) is 12.3 Å². The smallest absolute Gasteiger partial charge is 0.416 e. The quantitative estimate of drug-likeness (QED) is 0.929. The van der Waals surface area contributed by atoms with Crippen molar-refractivity contribution >= 4 is 11.3 Å². The topological polar surface area (TPSA) is 29.5 Å². The molecule has 102 valence electrons. The lowest BCUT2D eigenvalue weighted by Crippen LogP contribution is -2.06. The number of hydrogen-bond acceptors (Lipinski definition) is 3. The number of aliphatic hydroxyl groups is 1. The van der Waals surface area contributed by atoms with Crippen molar-refractivity contribution in [2.24, 2.45) is 0 Å². The van der Waals surface area contributed by atoms with Gasteiger partial charge in [-0.1, -0.05) is 12.1 Å². The molecule has 0 fully saturated rings. The molecule has 1 aromatic heterocycles. The second-order valence-corrected chi connectivity index (χ2v) is 4.86. The van der Waals surface area contributed by atoms with Crippen molar-refractivity contribution in [3.8, 4) is 5.75 Å². The second-order valence-electron chi connectivity index (χ2n) is 3.91. The van der Waals surface area contributed by atoms with Gasteiger partial charge in [-0.25, -0.2) is 0 Å². The third kappa shape index (κ3) is 3.08. The van der Waals surface area contributed by atoms with E-state index < -0.39 is 17.8 Å². The SMILES string of the molecule is COc1csc(C(O)c2cccc(C(F)(F)F)c2)c1. The lowest BCUT2D eigenvalue weighted by molar-refractivity contribution is -0.137. The summed E-state index contributed by atoms with van der Waals surface area (Å²) in [4.78, 5) is 0.538. The number of rotatable bonds is 3. The summed E-state index contributed by atoms with van der Waals surface area (Å²) in [6, 6.07) is 6.29. The van der Waals surface area contributed by atoms with Crippen molar-refractivity contribution in [3.63, 3.8) is 0 Å². The number of hydrogen-bond donors (Lipinski definition) is 1. The average molecular weight is 288 g/mol. The fraction of sp³-hybridized carbons (Fsp3) is 0.231. The van der Waals surface area contributed by atoms with E-state index in [1.165, 1.54) is 30.6 Å². The van der Waals surface area contributed by atoms with Crippen molar-refractivity contribution in [3.05, 3.63) is 51.7 Å². The third-order valence-corrected chi connectivity index (χ3v) is 3.59. The normalized spacial score (nSPS) is 13.3. The van der Waals surface area contributed by atoms with E-state index >= 15 is 0 Å². The van der Waals surface area contributed by atoms with Crippen LogP contribution in [0.5, 0.6) is 5.75 Å². The first-order valence-corrected chi connectivity index (χ1v) is 6.27. The molecule has 0 saturated heterocycles. The van der Waals surface area contributed by atoms with Gasteiger partial charge in [-0.2, -0.15) is 13.2 Å². The molecule has 0 radical (unpaired) electrons. The van der Waals surface area contributed by atoms with Crippen molar-refractivity contribution in [1.29, 1.82) is 0 Å². The van der Waals surface area contributed by atoms with Crippen LogP contribution in [0.2, 0.25) is 0 Å². The Morgan fingerprint density at radius 2 is 2.00 bits per heavy atom. The number of methoxy groups -OCH3 is 1. The minimum Gasteiger partial charge on any atom is -0.496 e. The Morgan fingerprint density at radius 3 is 2.58 bits per heavy atom. The molecule has 1 N–H and O–H groups in total. The molecule has 0 spiro atoms. The van der Waals surface area contributed by atoms with E-state index in [1.54, 1.807) is 11.4 Å². The highest BCUT2D eigenvalue weighted by Crippen LogP contribution is 2.34. The molecule has 6 heteroatoms. The summed E-state index contributed by atoms with van der Waals surface area (Å²) in [5.41, 5.74) is -0.563. The molecule has 1 heterocycles. The predicted octanol–water partition coefficient (Wildman–Crippen LogP) is 3.86. The lowest BCUT2D eigenvalue weighted by atomic mass is 10.0. The van der Waals surface area contributed by atoms with Crippen LogP contribution >= 0.6 is 11.3 Å². The van der Waals surface area contributed by atoms with Gasteiger partial charge in [-0.15, -0.1) is 11.3 Å². The Kier molecular flexibility index (Phi) is 3.82. The number of thiophene rings is 1. The maximum atomic E-state index is 12.6. The van der Waals surface area contributed by atoms with Crippen molar-refractivity contribution in [2.75, 3.05) is 7.11 Å².